The Balaban J connectivity index is 0.00000196. The van der Waals surface area contributed by atoms with Crippen LogP contribution in [0.15, 0.2) is 12.1 Å². The third kappa shape index (κ3) is 3.01. The standard InChI is InChI=1S/C12H16F2.CH4/c1-7(2)9-5-10(8(3)4)12(14)11(13)6-9;/h5-8H,1-4H3;1H4. The van der Waals surface area contributed by atoms with Crippen LogP contribution >= 0.6 is 0 Å². The molecule has 86 valence electrons. The molecule has 15 heavy (non-hydrogen) atoms. The summed E-state index contributed by atoms with van der Waals surface area (Å²) in [5, 5.41) is 0. The zero-order chi connectivity index (χ0) is 10.9. The van der Waals surface area contributed by atoms with Gasteiger partial charge in [0.1, 0.15) is 0 Å². The van der Waals surface area contributed by atoms with E-state index < -0.39 is 11.6 Å². The Labute approximate surface area is 91.3 Å². The van der Waals surface area contributed by atoms with Gasteiger partial charge < -0.3 is 0 Å². The van der Waals surface area contributed by atoms with E-state index in [1.54, 1.807) is 6.07 Å². The molecule has 0 saturated carbocycles. The van der Waals surface area contributed by atoms with Crippen molar-refractivity contribution in [3.63, 3.8) is 0 Å². The molecule has 0 spiro atoms. The van der Waals surface area contributed by atoms with Crippen LogP contribution in [0.1, 0.15) is 58.1 Å². The third-order valence-corrected chi connectivity index (χ3v) is 2.37. The Bertz CT molecular complexity index is 328. The van der Waals surface area contributed by atoms with E-state index in [1.165, 1.54) is 6.07 Å². The first-order valence-electron chi connectivity index (χ1n) is 4.92. The van der Waals surface area contributed by atoms with Crippen molar-refractivity contribution < 1.29 is 8.78 Å². The molecule has 0 radical (unpaired) electrons. The molecule has 0 fully saturated rings. The molecule has 0 amide bonds. The topological polar surface area (TPSA) is 0 Å². The number of hydrogen-bond donors (Lipinski definition) is 0. The van der Waals surface area contributed by atoms with E-state index in [4.69, 9.17) is 0 Å². The molecule has 1 aromatic carbocycles. The molecule has 0 nitrogen and oxygen atoms in total. The van der Waals surface area contributed by atoms with Gasteiger partial charge in [-0.1, -0.05) is 41.2 Å². The van der Waals surface area contributed by atoms with Gasteiger partial charge in [-0.3, -0.25) is 0 Å². The van der Waals surface area contributed by atoms with Gasteiger partial charge in [-0.2, -0.15) is 0 Å². The fourth-order valence-corrected chi connectivity index (χ4v) is 1.39. The summed E-state index contributed by atoms with van der Waals surface area (Å²) in [5.74, 6) is -1.20. The molecule has 1 aromatic rings. The zero-order valence-electron chi connectivity index (χ0n) is 9.07. The van der Waals surface area contributed by atoms with E-state index in [2.05, 4.69) is 0 Å². The molecule has 0 N–H and O–H groups in total. The number of rotatable bonds is 2. The smallest absolute Gasteiger partial charge is 0.162 e. The molecule has 0 atom stereocenters. The first-order chi connectivity index (χ1) is 6.43. The van der Waals surface area contributed by atoms with Gasteiger partial charge in [-0.25, -0.2) is 8.78 Å². The van der Waals surface area contributed by atoms with Crippen molar-refractivity contribution in [2.24, 2.45) is 0 Å². The van der Waals surface area contributed by atoms with Gasteiger partial charge in [0.15, 0.2) is 11.6 Å². The number of benzene rings is 1. The Morgan fingerprint density at radius 3 is 1.87 bits per heavy atom. The summed E-state index contributed by atoms with van der Waals surface area (Å²) in [6, 6.07) is 3.04. The fraction of sp³-hybridized carbons (Fsp3) is 0.538. The zero-order valence-corrected chi connectivity index (χ0v) is 9.07. The maximum absolute atomic E-state index is 13.3. The summed E-state index contributed by atoms with van der Waals surface area (Å²) in [6.45, 7) is 7.66. The van der Waals surface area contributed by atoms with Crippen molar-refractivity contribution in [2.45, 2.75) is 47.0 Å². The monoisotopic (exact) mass is 214 g/mol. The summed E-state index contributed by atoms with van der Waals surface area (Å²) < 4.78 is 26.5. The lowest BCUT2D eigenvalue weighted by molar-refractivity contribution is 0.491. The van der Waals surface area contributed by atoms with Gasteiger partial charge in [-0.15, -0.1) is 0 Å². The second kappa shape index (κ2) is 5.24. The molecule has 0 unspecified atom stereocenters. The second-order valence-electron chi connectivity index (χ2n) is 4.22. The van der Waals surface area contributed by atoms with Gasteiger partial charge in [0.25, 0.3) is 0 Å². The number of hydrogen-bond acceptors (Lipinski definition) is 0. The minimum atomic E-state index is -0.736. The van der Waals surface area contributed by atoms with Crippen LogP contribution in [-0.2, 0) is 0 Å². The summed E-state index contributed by atoms with van der Waals surface area (Å²) in [6.07, 6.45) is 0. The van der Waals surface area contributed by atoms with Crippen LogP contribution in [-0.4, -0.2) is 0 Å². The van der Waals surface area contributed by atoms with Crippen molar-refractivity contribution >= 4 is 0 Å². The molecule has 0 saturated heterocycles. The van der Waals surface area contributed by atoms with Crippen molar-refractivity contribution in [1.29, 1.82) is 0 Å². The summed E-state index contributed by atoms with van der Waals surface area (Å²) >= 11 is 0. The maximum atomic E-state index is 13.3. The first-order valence-corrected chi connectivity index (χ1v) is 4.92. The predicted molar refractivity (Wildman–Crippen MR) is 61.3 cm³/mol. The highest BCUT2D eigenvalue weighted by atomic mass is 19.2. The highest BCUT2D eigenvalue weighted by Gasteiger charge is 2.14. The van der Waals surface area contributed by atoms with Crippen LogP contribution in [0.3, 0.4) is 0 Å². The molecule has 2 heteroatoms. The lowest BCUT2D eigenvalue weighted by Crippen LogP contribution is -2.00. The van der Waals surface area contributed by atoms with E-state index in [0.29, 0.717) is 5.56 Å². The van der Waals surface area contributed by atoms with Gasteiger partial charge in [0.2, 0.25) is 0 Å². The second-order valence-corrected chi connectivity index (χ2v) is 4.22. The van der Waals surface area contributed by atoms with Crippen molar-refractivity contribution in [2.75, 3.05) is 0 Å². The molecule has 0 aromatic heterocycles. The van der Waals surface area contributed by atoms with Gasteiger partial charge in [-0.05, 0) is 29.0 Å². The average molecular weight is 214 g/mol. The lowest BCUT2D eigenvalue weighted by Gasteiger charge is -2.12. The normalized spacial score (nSPS) is 10.7. The van der Waals surface area contributed by atoms with Gasteiger partial charge >= 0.3 is 0 Å². The molecule has 1 rings (SSSR count). The van der Waals surface area contributed by atoms with Crippen LogP contribution in [0.25, 0.3) is 0 Å². The highest BCUT2D eigenvalue weighted by molar-refractivity contribution is 5.30. The molecule has 0 heterocycles. The van der Waals surface area contributed by atoms with Gasteiger partial charge in [0.05, 0.1) is 0 Å². The predicted octanol–water partition coefficient (Wildman–Crippen LogP) is 4.85. The summed E-state index contributed by atoms with van der Waals surface area (Å²) in [4.78, 5) is 0. The van der Waals surface area contributed by atoms with Gasteiger partial charge in [0, 0.05) is 0 Å². The fourth-order valence-electron chi connectivity index (χ4n) is 1.39. The SMILES string of the molecule is C.CC(C)c1cc(F)c(F)c(C(C)C)c1. The molecular formula is C13H20F2. The Kier molecular flexibility index (Phi) is 4.92. The Morgan fingerprint density at radius 2 is 1.47 bits per heavy atom. The average Bonchev–Trinajstić information content (AvgIpc) is 2.08. The van der Waals surface area contributed by atoms with Crippen molar-refractivity contribution in [3.05, 3.63) is 34.9 Å². The third-order valence-electron chi connectivity index (χ3n) is 2.37. The highest BCUT2D eigenvalue weighted by Crippen LogP contribution is 2.25. The molecule has 0 aliphatic rings. The maximum Gasteiger partial charge on any atom is 0.162 e. The summed E-state index contributed by atoms with van der Waals surface area (Å²) in [7, 11) is 0. The molecular weight excluding hydrogens is 194 g/mol. The Morgan fingerprint density at radius 1 is 0.933 bits per heavy atom. The van der Waals surface area contributed by atoms with E-state index in [1.807, 2.05) is 27.7 Å². The van der Waals surface area contributed by atoms with Crippen LogP contribution in [0.4, 0.5) is 8.78 Å². The van der Waals surface area contributed by atoms with E-state index >= 15 is 0 Å². The minimum absolute atomic E-state index is 0. The van der Waals surface area contributed by atoms with Crippen LogP contribution in [0, 0.1) is 11.6 Å². The minimum Gasteiger partial charge on any atom is -0.204 e. The number of halogens is 2. The van der Waals surface area contributed by atoms with Crippen molar-refractivity contribution in [1.82, 2.24) is 0 Å². The van der Waals surface area contributed by atoms with E-state index in [-0.39, 0.29) is 19.3 Å². The quantitative estimate of drug-likeness (QED) is 0.660. The molecule has 0 aliphatic heterocycles. The molecule has 0 bridgehead atoms. The van der Waals surface area contributed by atoms with Crippen molar-refractivity contribution in [3.8, 4) is 0 Å². The van der Waals surface area contributed by atoms with E-state index in [9.17, 15) is 8.78 Å². The Hall–Kier alpha value is -0.920. The van der Waals surface area contributed by atoms with Crippen LogP contribution in [0.5, 0.6) is 0 Å². The lowest BCUT2D eigenvalue weighted by atomic mass is 9.95. The molecule has 0 aliphatic carbocycles. The van der Waals surface area contributed by atoms with Crippen LogP contribution < -0.4 is 0 Å². The largest absolute Gasteiger partial charge is 0.204 e. The van der Waals surface area contributed by atoms with Crippen LogP contribution in [0.2, 0.25) is 0 Å². The summed E-state index contributed by atoms with van der Waals surface area (Å²) in [5.41, 5.74) is 1.32. The van der Waals surface area contributed by atoms with E-state index in [0.717, 1.165) is 5.56 Å². The first kappa shape index (κ1) is 14.1.